The van der Waals surface area contributed by atoms with Gasteiger partial charge >= 0.3 is 5.97 Å². The van der Waals surface area contributed by atoms with Gasteiger partial charge in [0.2, 0.25) is 0 Å². The van der Waals surface area contributed by atoms with Gasteiger partial charge in [0.15, 0.2) is 5.11 Å². The van der Waals surface area contributed by atoms with Gasteiger partial charge in [-0.05, 0) is 61.0 Å². The van der Waals surface area contributed by atoms with Crippen molar-refractivity contribution >= 4 is 34.9 Å². The van der Waals surface area contributed by atoms with Gasteiger partial charge in [-0.15, -0.1) is 0 Å². The van der Waals surface area contributed by atoms with Crippen LogP contribution in [-0.4, -0.2) is 42.7 Å². The Morgan fingerprint density at radius 1 is 1.18 bits per heavy atom. The van der Waals surface area contributed by atoms with Crippen LogP contribution >= 0.6 is 12.2 Å². The highest BCUT2D eigenvalue weighted by Crippen LogP contribution is 2.31. The Morgan fingerprint density at radius 2 is 1.88 bits per heavy atom. The third-order valence-corrected chi connectivity index (χ3v) is 5.75. The quantitative estimate of drug-likeness (QED) is 0.465. The van der Waals surface area contributed by atoms with Crippen molar-refractivity contribution in [3.63, 3.8) is 0 Å². The smallest absolute Gasteiger partial charge is 0.338 e. The Bertz CT molecular complexity index is 1080. The van der Waals surface area contributed by atoms with E-state index in [1.807, 2.05) is 40.0 Å². The molecule has 2 N–H and O–H groups in total. The number of ether oxygens (including phenoxy) is 2. The number of esters is 1. The van der Waals surface area contributed by atoms with Crippen molar-refractivity contribution in [1.29, 1.82) is 0 Å². The molecular weight excluding hydrogens is 438 g/mol. The highest BCUT2D eigenvalue weighted by molar-refractivity contribution is 7.80. The predicted molar refractivity (Wildman–Crippen MR) is 132 cm³/mol. The molecule has 33 heavy (non-hydrogen) atoms. The minimum absolute atomic E-state index is 0.233. The van der Waals surface area contributed by atoms with Crippen molar-refractivity contribution in [3.05, 3.63) is 70.9 Å². The standard InChI is InChI=1S/C25H29N3O4S/c1-15(2)14-32-24(30)21-16(3)28(4)25(33)27-22(21)17-9-11-19(12-10-17)26-23(29)18-7-6-8-20(13-18)31-5/h6-13,15,22H,14H2,1-5H3,(H,26,29)(H,27,33). The Hall–Kier alpha value is -3.39. The second-order valence-electron chi connectivity index (χ2n) is 8.24. The van der Waals surface area contributed by atoms with Crippen LogP contribution in [0.4, 0.5) is 5.69 Å². The zero-order valence-corrected chi connectivity index (χ0v) is 20.3. The summed E-state index contributed by atoms with van der Waals surface area (Å²) in [6.45, 7) is 6.18. The van der Waals surface area contributed by atoms with E-state index >= 15 is 0 Å². The van der Waals surface area contributed by atoms with Crippen LogP contribution in [0.5, 0.6) is 5.75 Å². The summed E-state index contributed by atoms with van der Waals surface area (Å²) < 4.78 is 10.7. The van der Waals surface area contributed by atoms with Crippen molar-refractivity contribution in [1.82, 2.24) is 10.2 Å². The molecule has 1 aliphatic rings. The van der Waals surface area contributed by atoms with Crippen LogP contribution < -0.4 is 15.4 Å². The Kier molecular flexibility index (Phi) is 7.71. The lowest BCUT2D eigenvalue weighted by Crippen LogP contribution is -2.46. The number of allylic oxidation sites excluding steroid dienone is 1. The molecule has 0 saturated carbocycles. The first kappa shape index (κ1) is 24.3. The number of nitrogens with zero attached hydrogens (tertiary/aromatic N) is 1. The molecule has 2 aromatic rings. The van der Waals surface area contributed by atoms with Gasteiger partial charge in [0.05, 0.1) is 25.3 Å². The molecule has 0 saturated heterocycles. The summed E-state index contributed by atoms with van der Waals surface area (Å²) in [6.07, 6.45) is 0. The summed E-state index contributed by atoms with van der Waals surface area (Å²) in [6, 6.07) is 13.8. The number of carbonyl (C=O) groups excluding carboxylic acids is 2. The van der Waals surface area contributed by atoms with Gasteiger partial charge < -0.3 is 25.0 Å². The number of hydrogen-bond acceptors (Lipinski definition) is 5. The third kappa shape index (κ3) is 5.70. The Balaban J connectivity index is 1.81. The molecule has 1 heterocycles. The molecule has 174 valence electrons. The largest absolute Gasteiger partial charge is 0.497 e. The van der Waals surface area contributed by atoms with E-state index in [-0.39, 0.29) is 17.8 Å². The molecule has 1 amide bonds. The molecule has 7 nitrogen and oxygen atoms in total. The fourth-order valence-electron chi connectivity index (χ4n) is 3.40. The fraction of sp³-hybridized carbons (Fsp3) is 0.320. The van der Waals surface area contributed by atoms with Crippen LogP contribution in [0.25, 0.3) is 0 Å². The highest BCUT2D eigenvalue weighted by atomic mass is 32.1. The minimum atomic E-state index is -0.448. The number of rotatable bonds is 7. The molecule has 8 heteroatoms. The van der Waals surface area contributed by atoms with Gasteiger partial charge in [0.1, 0.15) is 5.75 Å². The number of benzene rings is 2. The molecule has 3 rings (SSSR count). The van der Waals surface area contributed by atoms with Gasteiger partial charge in [0, 0.05) is 24.0 Å². The number of carbonyl (C=O) groups is 2. The lowest BCUT2D eigenvalue weighted by atomic mass is 9.95. The van der Waals surface area contributed by atoms with E-state index in [4.69, 9.17) is 21.7 Å². The molecule has 2 aromatic carbocycles. The second-order valence-corrected chi connectivity index (χ2v) is 8.63. The molecule has 1 atom stereocenters. The first-order valence-corrected chi connectivity index (χ1v) is 11.1. The number of amides is 1. The Morgan fingerprint density at radius 3 is 2.52 bits per heavy atom. The van der Waals surface area contributed by atoms with Crippen LogP contribution in [0.1, 0.15) is 42.7 Å². The number of hydrogen-bond donors (Lipinski definition) is 2. The average Bonchev–Trinajstić information content (AvgIpc) is 2.81. The van der Waals surface area contributed by atoms with E-state index in [1.54, 1.807) is 48.4 Å². The van der Waals surface area contributed by atoms with E-state index < -0.39 is 6.04 Å². The molecule has 1 aliphatic heterocycles. The van der Waals surface area contributed by atoms with Crippen LogP contribution in [0.15, 0.2) is 59.8 Å². The summed E-state index contributed by atoms with van der Waals surface area (Å²) in [4.78, 5) is 27.3. The van der Waals surface area contributed by atoms with Crippen LogP contribution in [0, 0.1) is 5.92 Å². The molecule has 0 bridgehead atoms. The van der Waals surface area contributed by atoms with Gasteiger partial charge in [-0.2, -0.15) is 0 Å². The van der Waals surface area contributed by atoms with Gasteiger partial charge in [-0.1, -0.05) is 32.0 Å². The minimum Gasteiger partial charge on any atom is -0.497 e. The predicted octanol–water partition coefficient (Wildman–Crippen LogP) is 4.28. The number of methoxy groups -OCH3 is 1. The fourth-order valence-corrected chi connectivity index (χ4v) is 3.65. The SMILES string of the molecule is COc1cccc(C(=O)Nc2ccc(C3NC(=S)N(C)C(C)=C3C(=O)OCC(C)C)cc2)c1. The number of nitrogens with one attached hydrogen (secondary N) is 2. The lowest BCUT2D eigenvalue weighted by Gasteiger charge is -2.35. The normalized spacial score (nSPS) is 15.9. The topological polar surface area (TPSA) is 79.9 Å². The first-order chi connectivity index (χ1) is 15.7. The van der Waals surface area contributed by atoms with E-state index in [2.05, 4.69) is 10.6 Å². The second kappa shape index (κ2) is 10.5. The maximum Gasteiger partial charge on any atom is 0.338 e. The zero-order chi connectivity index (χ0) is 24.1. The maximum atomic E-state index is 12.9. The molecule has 0 spiro atoms. The molecule has 1 unspecified atom stereocenters. The van der Waals surface area contributed by atoms with Crippen molar-refractivity contribution in [3.8, 4) is 5.75 Å². The highest BCUT2D eigenvalue weighted by Gasteiger charge is 2.33. The summed E-state index contributed by atoms with van der Waals surface area (Å²) >= 11 is 5.45. The lowest BCUT2D eigenvalue weighted by molar-refractivity contribution is -0.140. The van der Waals surface area contributed by atoms with E-state index in [0.717, 1.165) is 11.3 Å². The van der Waals surface area contributed by atoms with E-state index in [9.17, 15) is 9.59 Å². The molecule has 0 radical (unpaired) electrons. The van der Waals surface area contributed by atoms with Crippen LogP contribution in [-0.2, 0) is 9.53 Å². The monoisotopic (exact) mass is 467 g/mol. The first-order valence-electron chi connectivity index (χ1n) is 10.7. The van der Waals surface area contributed by atoms with Crippen molar-refractivity contribution in [2.24, 2.45) is 5.92 Å². The third-order valence-electron chi connectivity index (χ3n) is 5.36. The van der Waals surface area contributed by atoms with Crippen molar-refractivity contribution in [2.75, 3.05) is 26.1 Å². The molecule has 0 fully saturated rings. The van der Waals surface area contributed by atoms with Crippen molar-refractivity contribution in [2.45, 2.75) is 26.8 Å². The Labute approximate surface area is 199 Å². The summed E-state index contributed by atoms with van der Waals surface area (Å²) in [5.41, 5.74) is 3.22. The summed E-state index contributed by atoms with van der Waals surface area (Å²) in [7, 11) is 3.37. The number of thiocarbonyl (C=S) groups is 1. The molecular formula is C25H29N3O4S. The summed E-state index contributed by atoms with van der Waals surface area (Å²) in [5, 5.41) is 6.63. The average molecular weight is 468 g/mol. The molecule has 0 aliphatic carbocycles. The van der Waals surface area contributed by atoms with Gasteiger partial charge in [-0.3, -0.25) is 4.79 Å². The van der Waals surface area contributed by atoms with E-state index in [0.29, 0.717) is 34.3 Å². The molecule has 0 aromatic heterocycles. The number of anilines is 1. The summed E-state index contributed by atoms with van der Waals surface area (Å²) in [5.74, 6) is 0.231. The van der Waals surface area contributed by atoms with Crippen LogP contribution in [0.3, 0.4) is 0 Å². The van der Waals surface area contributed by atoms with Crippen molar-refractivity contribution < 1.29 is 19.1 Å². The van der Waals surface area contributed by atoms with Crippen LogP contribution in [0.2, 0.25) is 0 Å². The maximum absolute atomic E-state index is 12.9. The van der Waals surface area contributed by atoms with Gasteiger partial charge in [-0.25, -0.2) is 4.79 Å². The van der Waals surface area contributed by atoms with Gasteiger partial charge in [0.25, 0.3) is 5.91 Å². The van der Waals surface area contributed by atoms with E-state index in [1.165, 1.54) is 0 Å². The zero-order valence-electron chi connectivity index (χ0n) is 19.5.